The zero-order valence-electron chi connectivity index (χ0n) is 12.1. The second kappa shape index (κ2) is 6.39. The maximum absolute atomic E-state index is 9.05. The van der Waals surface area contributed by atoms with Gasteiger partial charge in [-0.2, -0.15) is 0 Å². The summed E-state index contributed by atoms with van der Waals surface area (Å²) in [6.07, 6.45) is 2.06. The number of nitrogens with two attached hydrogens (primary N) is 1. The van der Waals surface area contributed by atoms with E-state index >= 15 is 0 Å². The molecule has 0 aliphatic carbocycles. The molecule has 21 heavy (non-hydrogen) atoms. The van der Waals surface area contributed by atoms with E-state index in [2.05, 4.69) is 27.4 Å². The van der Waals surface area contributed by atoms with E-state index in [0.717, 1.165) is 54.8 Å². The molecule has 2 heterocycles. The predicted octanol–water partition coefficient (Wildman–Crippen LogP) is 1.72. The van der Waals surface area contributed by atoms with E-state index in [4.69, 9.17) is 10.9 Å². The molecule has 5 heteroatoms. The molecule has 5 nitrogen and oxygen atoms in total. The third-order valence-corrected chi connectivity index (χ3v) is 4.24. The Morgan fingerprint density at radius 3 is 3.05 bits per heavy atom. The van der Waals surface area contributed by atoms with Gasteiger partial charge in [-0.1, -0.05) is 18.2 Å². The molecule has 1 aromatic heterocycles. The Hall–Kier alpha value is -1.69. The van der Waals surface area contributed by atoms with Gasteiger partial charge in [0.25, 0.3) is 0 Å². The van der Waals surface area contributed by atoms with Crippen molar-refractivity contribution < 1.29 is 5.11 Å². The molecule has 0 bridgehead atoms. The molecular formula is C16H22N4O. The quantitative estimate of drug-likeness (QED) is 0.576. The summed E-state index contributed by atoms with van der Waals surface area (Å²) < 4.78 is 0. The Bertz CT molecular complexity index is 616. The highest BCUT2D eigenvalue weighted by atomic mass is 16.3. The molecule has 2 aromatic rings. The van der Waals surface area contributed by atoms with Crippen LogP contribution in [0, 0.1) is 5.92 Å². The summed E-state index contributed by atoms with van der Waals surface area (Å²) in [4.78, 5) is 7.00. The summed E-state index contributed by atoms with van der Waals surface area (Å²) in [5, 5.41) is 10.2. The number of likely N-dealkylation sites (tertiary alicyclic amines) is 1. The fourth-order valence-electron chi connectivity index (χ4n) is 3.12. The molecule has 4 N–H and O–H groups in total. The molecule has 1 fully saturated rings. The van der Waals surface area contributed by atoms with Gasteiger partial charge in [0, 0.05) is 30.6 Å². The highest BCUT2D eigenvalue weighted by Crippen LogP contribution is 2.25. The van der Waals surface area contributed by atoms with Gasteiger partial charge in [-0.15, -0.1) is 0 Å². The fraction of sp³-hybridized carbons (Fsp3) is 0.438. The number of para-hydroxylation sites is 1. The minimum atomic E-state index is 0.283. The lowest BCUT2D eigenvalue weighted by Gasteiger charge is -2.18. The lowest BCUT2D eigenvalue weighted by molar-refractivity contribution is 0.249. The predicted molar refractivity (Wildman–Crippen MR) is 84.6 cm³/mol. The first-order chi connectivity index (χ1) is 10.3. The van der Waals surface area contributed by atoms with Crippen LogP contribution in [0.3, 0.4) is 0 Å². The second-order valence-electron chi connectivity index (χ2n) is 5.74. The van der Waals surface area contributed by atoms with E-state index in [-0.39, 0.29) is 6.61 Å². The van der Waals surface area contributed by atoms with Crippen molar-refractivity contribution in [2.24, 2.45) is 11.8 Å². The average molecular weight is 286 g/mol. The number of aromatic nitrogens is 1. The summed E-state index contributed by atoms with van der Waals surface area (Å²) in [6.45, 7) is 3.24. The number of hydrogen-bond acceptors (Lipinski definition) is 5. The van der Waals surface area contributed by atoms with Crippen molar-refractivity contribution >= 4 is 16.7 Å². The number of nitrogens with zero attached hydrogens (tertiary/aromatic N) is 2. The molecule has 1 atom stereocenters. The van der Waals surface area contributed by atoms with Gasteiger partial charge in [0.1, 0.15) is 5.82 Å². The van der Waals surface area contributed by atoms with Gasteiger partial charge in [-0.3, -0.25) is 4.90 Å². The van der Waals surface area contributed by atoms with Gasteiger partial charge in [0.15, 0.2) is 0 Å². The lowest BCUT2D eigenvalue weighted by Crippen LogP contribution is -2.22. The van der Waals surface area contributed by atoms with Crippen LogP contribution in [0.2, 0.25) is 0 Å². The molecule has 1 saturated heterocycles. The summed E-state index contributed by atoms with van der Waals surface area (Å²) in [5.74, 6) is 6.99. The number of hydrazine groups is 1. The number of rotatable bonds is 5. The number of aliphatic hydroxyl groups is 1. The minimum absolute atomic E-state index is 0.283. The third-order valence-electron chi connectivity index (χ3n) is 4.24. The van der Waals surface area contributed by atoms with Gasteiger partial charge in [0.05, 0.1) is 5.52 Å². The molecule has 0 radical (unpaired) electrons. The summed E-state index contributed by atoms with van der Waals surface area (Å²) in [5.41, 5.74) is 4.80. The number of hydrogen-bond donors (Lipinski definition) is 3. The van der Waals surface area contributed by atoms with E-state index in [9.17, 15) is 0 Å². The first-order valence-corrected chi connectivity index (χ1v) is 7.48. The number of fused-ring (bicyclic) bond motifs is 1. The minimum Gasteiger partial charge on any atom is -0.396 e. The van der Waals surface area contributed by atoms with Gasteiger partial charge >= 0.3 is 0 Å². The van der Waals surface area contributed by atoms with Crippen LogP contribution in [0.1, 0.15) is 18.4 Å². The number of nitrogen functional groups attached to an aromatic ring is 1. The second-order valence-corrected chi connectivity index (χ2v) is 5.74. The third kappa shape index (κ3) is 3.15. The van der Waals surface area contributed by atoms with Crippen LogP contribution in [0.15, 0.2) is 30.3 Å². The van der Waals surface area contributed by atoms with Crippen LogP contribution < -0.4 is 11.3 Å². The Morgan fingerprint density at radius 2 is 2.24 bits per heavy atom. The topological polar surface area (TPSA) is 74.4 Å². The van der Waals surface area contributed by atoms with Gasteiger partial charge in [-0.05, 0) is 37.4 Å². The van der Waals surface area contributed by atoms with E-state index in [1.165, 1.54) is 0 Å². The van der Waals surface area contributed by atoms with E-state index < -0.39 is 0 Å². The molecule has 0 spiro atoms. The number of pyridine rings is 1. The smallest absolute Gasteiger partial charge is 0.145 e. The fourth-order valence-corrected chi connectivity index (χ4v) is 3.12. The maximum atomic E-state index is 9.05. The zero-order chi connectivity index (χ0) is 14.7. The van der Waals surface area contributed by atoms with E-state index in [0.29, 0.717) is 5.92 Å². The van der Waals surface area contributed by atoms with Crippen molar-refractivity contribution in [1.29, 1.82) is 0 Å². The van der Waals surface area contributed by atoms with Crippen LogP contribution in [0.25, 0.3) is 10.9 Å². The number of anilines is 1. The Kier molecular flexibility index (Phi) is 4.34. The summed E-state index contributed by atoms with van der Waals surface area (Å²) in [6, 6.07) is 10.2. The van der Waals surface area contributed by atoms with Gasteiger partial charge < -0.3 is 10.5 Å². The molecule has 0 saturated carbocycles. The SMILES string of the molecule is NNc1nc2ccccc2cc1CN1CCC(CCO)C1. The number of nitrogens with one attached hydrogen (secondary N) is 1. The Morgan fingerprint density at radius 1 is 1.38 bits per heavy atom. The first-order valence-electron chi connectivity index (χ1n) is 7.48. The van der Waals surface area contributed by atoms with Crippen molar-refractivity contribution in [3.63, 3.8) is 0 Å². The van der Waals surface area contributed by atoms with Crippen molar-refractivity contribution in [2.45, 2.75) is 19.4 Å². The van der Waals surface area contributed by atoms with Crippen molar-refractivity contribution in [1.82, 2.24) is 9.88 Å². The molecule has 1 unspecified atom stereocenters. The monoisotopic (exact) mass is 286 g/mol. The summed E-state index contributed by atoms with van der Waals surface area (Å²) in [7, 11) is 0. The normalized spacial score (nSPS) is 19.2. The zero-order valence-corrected chi connectivity index (χ0v) is 12.1. The standard InChI is InChI=1S/C16H22N4O/c17-19-16-14(9-13-3-1-2-4-15(13)18-16)11-20-7-5-12(10-20)6-8-21/h1-4,9,12,21H,5-8,10-11,17H2,(H,18,19). The lowest BCUT2D eigenvalue weighted by atomic mass is 10.1. The average Bonchev–Trinajstić information content (AvgIpc) is 2.94. The molecule has 3 rings (SSSR count). The molecule has 1 aliphatic heterocycles. The Balaban J connectivity index is 1.80. The Labute approximate surface area is 124 Å². The van der Waals surface area contributed by atoms with Crippen LogP contribution >= 0.6 is 0 Å². The van der Waals surface area contributed by atoms with Crippen molar-refractivity contribution in [3.8, 4) is 0 Å². The van der Waals surface area contributed by atoms with Gasteiger partial charge in [0.2, 0.25) is 0 Å². The van der Waals surface area contributed by atoms with Crippen LogP contribution in [0.4, 0.5) is 5.82 Å². The van der Waals surface area contributed by atoms with Crippen molar-refractivity contribution in [3.05, 3.63) is 35.9 Å². The highest BCUT2D eigenvalue weighted by Gasteiger charge is 2.22. The molecule has 1 aromatic carbocycles. The molecule has 112 valence electrons. The highest BCUT2D eigenvalue weighted by molar-refractivity contribution is 5.81. The number of benzene rings is 1. The van der Waals surface area contributed by atoms with E-state index in [1.54, 1.807) is 0 Å². The maximum Gasteiger partial charge on any atom is 0.145 e. The van der Waals surface area contributed by atoms with Crippen molar-refractivity contribution in [2.75, 3.05) is 25.1 Å². The molecule has 0 amide bonds. The van der Waals surface area contributed by atoms with Crippen LogP contribution in [-0.4, -0.2) is 34.7 Å². The van der Waals surface area contributed by atoms with Crippen LogP contribution in [0.5, 0.6) is 0 Å². The van der Waals surface area contributed by atoms with Gasteiger partial charge in [-0.25, -0.2) is 10.8 Å². The van der Waals surface area contributed by atoms with E-state index in [1.807, 2.05) is 18.2 Å². The molecule has 1 aliphatic rings. The largest absolute Gasteiger partial charge is 0.396 e. The number of aliphatic hydroxyl groups excluding tert-OH is 1. The summed E-state index contributed by atoms with van der Waals surface area (Å²) >= 11 is 0. The first kappa shape index (κ1) is 14.3. The molecular weight excluding hydrogens is 264 g/mol. The van der Waals surface area contributed by atoms with Crippen LogP contribution in [-0.2, 0) is 6.54 Å².